The Bertz CT molecular complexity index is 596. The Labute approximate surface area is 122 Å². The molecule has 0 amide bonds. The summed E-state index contributed by atoms with van der Waals surface area (Å²) in [5.74, 6) is 0.711. The van der Waals surface area contributed by atoms with Crippen molar-refractivity contribution in [2.45, 2.75) is 13.5 Å². The van der Waals surface area contributed by atoms with Crippen LogP contribution in [-0.2, 0) is 6.54 Å². The largest absolute Gasteiger partial charge is 0.389 e. The van der Waals surface area contributed by atoms with Gasteiger partial charge in [0.05, 0.1) is 5.56 Å². The molecule has 0 bridgehead atoms. The van der Waals surface area contributed by atoms with Crippen LogP contribution in [0.5, 0.6) is 0 Å². The van der Waals surface area contributed by atoms with Crippen molar-refractivity contribution in [2.24, 2.45) is 5.73 Å². The summed E-state index contributed by atoms with van der Waals surface area (Å²) < 4.78 is 0. The zero-order chi connectivity index (χ0) is 13.8. The molecule has 0 saturated heterocycles. The molecule has 2 rings (SSSR count). The molecular formula is C14H14ClN3S. The van der Waals surface area contributed by atoms with E-state index in [1.165, 1.54) is 0 Å². The second kappa shape index (κ2) is 5.99. The number of nitrogens with two attached hydrogens (primary N) is 1. The average molecular weight is 292 g/mol. The van der Waals surface area contributed by atoms with Crippen LogP contribution < -0.4 is 11.1 Å². The van der Waals surface area contributed by atoms with Crippen LogP contribution in [0.3, 0.4) is 0 Å². The molecule has 0 aliphatic heterocycles. The number of anilines is 1. The summed E-state index contributed by atoms with van der Waals surface area (Å²) in [5.41, 5.74) is 8.47. The number of benzene rings is 1. The van der Waals surface area contributed by atoms with Crippen molar-refractivity contribution >= 4 is 34.6 Å². The number of hydrogen-bond acceptors (Lipinski definition) is 3. The molecule has 2 aromatic rings. The Hall–Kier alpha value is -1.65. The first kappa shape index (κ1) is 13.8. The van der Waals surface area contributed by atoms with E-state index in [0.29, 0.717) is 17.4 Å². The van der Waals surface area contributed by atoms with Crippen LogP contribution in [0.4, 0.5) is 5.82 Å². The van der Waals surface area contributed by atoms with Gasteiger partial charge in [-0.05, 0) is 36.8 Å². The van der Waals surface area contributed by atoms with E-state index in [0.717, 1.165) is 21.8 Å². The fourth-order valence-electron chi connectivity index (χ4n) is 1.68. The Balaban J connectivity index is 2.16. The first-order valence-corrected chi connectivity index (χ1v) is 6.60. The summed E-state index contributed by atoms with van der Waals surface area (Å²) in [5, 5.41) is 3.97. The minimum atomic E-state index is 0.339. The number of thiocarbonyl (C=S) groups is 1. The van der Waals surface area contributed by atoms with Gasteiger partial charge in [-0.3, -0.25) is 0 Å². The van der Waals surface area contributed by atoms with Crippen molar-refractivity contribution in [1.29, 1.82) is 0 Å². The molecule has 0 spiro atoms. The molecule has 0 unspecified atom stereocenters. The minimum absolute atomic E-state index is 0.339. The van der Waals surface area contributed by atoms with Crippen molar-refractivity contribution < 1.29 is 0 Å². The molecular weight excluding hydrogens is 278 g/mol. The Morgan fingerprint density at radius 2 is 1.95 bits per heavy atom. The maximum atomic E-state index is 5.85. The fourth-order valence-corrected chi connectivity index (χ4v) is 1.97. The SMILES string of the molecule is Cc1ccc(C(N)=S)c(NCc2ccc(Cl)cc2)n1. The summed E-state index contributed by atoms with van der Waals surface area (Å²) in [4.78, 5) is 4.76. The van der Waals surface area contributed by atoms with E-state index < -0.39 is 0 Å². The maximum Gasteiger partial charge on any atom is 0.136 e. The molecule has 3 N–H and O–H groups in total. The van der Waals surface area contributed by atoms with Crippen LogP contribution >= 0.6 is 23.8 Å². The smallest absolute Gasteiger partial charge is 0.136 e. The van der Waals surface area contributed by atoms with Crippen LogP contribution in [0.25, 0.3) is 0 Å². The number of nitrogens with zero attached hydrogens (tertiary/aromatic N) is 1. The van der Waals surface area contributed by atoms with Crippen molar-refractivity contribution in [3.8, 4) is 0 Å². The first-order chi connectivity index (χ1) is 9.06. The van der Waals surface area contributed by atoms with Gasteiger partial charge in [-0.25, -0.2) is 4.98 Å². The van der Waals surface area contributed by atoms with E-state index in [2.05, 4.69) is 10.3 Å². The quantitative estimate of drug-likeness (QED) is 0.849. The lowest BCUT2D eigenvalue weighted by molar-refractivity contribution is 1.09. The number of aromatic nitrogens is 1. The number of nitrogens with one attached hydrogen (secondary N) is 1. The summed E-state index contributed by atoms with van der Waals surface area (Å²) in [6, 6.07) is 11.4. The second-order valence-corrected chi connectivity index (χ2v) is 5.07. The molecule has 3 nitrogen and oxygen atoms in total. The molecule has 5 heteroatoms. The topological polar surface area (TPSA) is 50.9 Å². The third-order valence-electron chi connectivity index (χ3n) is 2.67. The van der Waals surface area contributed by atoms with Gasteiger partial charge < -0.3 is 11.1 Å². The lowest BCUT2D eigenvalue weighted by atomic mass is 10.2. The van der Waals surface area contributed by atoms with E-state index in [1.54, 1.807) is 0 Å². The third-order valence-corrected chi connectivity index (χ3v) is 3.15. The molecule has 0 aliphatic carbocycles. The molecule has 0 saturated carbocycles. The van der Waals surface area contributed by atoms with Crippen LogP contribution in [-0.4, -0.2) is 9.97 Å². The van der Waals surface area contributed by atoms with Crippen molar-refractivity contribution in [3.63, 3.8) is 0 Å². The molecule has 0 radical (unpaired) electrons. The Morgan fingerprint density at radius 1 is 1.26 bits per heavy atom. The number of rotatable bonds is 4. The lowest BCUT2D eigenvalue weighted by Gasteiger charge is -2.11. The zero-order valence-corrected chi connectivity index (χ0v) is 12.1. The number of aryl methyl sites for hydroxylation is 1. The maximum absolute atomic E-state index is 5.85. The van der Waals surface area contributed by atoms with Gasteiger partial charge in [0.2, 0.25) is 0 Å². The van der Waals surface area contributed by atoms with E-state index in [1.807, 2.05) is 43.3 Å². The van der Waals surface area contributed by atoms with Crippen molar-refractivity contribution in [2.75, 3.05) is 5.32 Å². The first-order valence-electron chi connectivity index (χ1n) is 5.82. The van der Waals surface area contributed by atoms with Crippen LogP contribution in [0.2, 0.25) is 5.02 Å². The highest BCUT2D eigenvalue weighted by Gasteiger charge is 2.06. The van der Waals surface area contributed by atoms with E-state index in [4.69, 9.17) is 29.6 Å². The van der Waals surface area contributed by atoms with Crippen molar-refractivity contribution in [3.05, 3.63) is 58.2 Å². The van der Waals surface area contributed by atoms with Gasteiger partial charge in [0.1, 0.15) is 10.8 Å². The normalized spacial score (nSPS) is 10.2. The molecule has 0 aliphatic rings. The average Bonchev–Trinajstić information content (AvgIpc) is 2.38. The summed E-state index contributed by atoms with van der Waals surface area (Å²) in [6.07, 6.45) is 0. The Kier molecular flexibility index (Phi) is 4.35. The summed E-state index contributed by atoms with van der Waals surface area (Å²) in [6.45, 7) is 2.57. The second-order valence-electron chi connectivity index (χ2n) is 4.19. The molecule has 0 fully saturated rings. The highest BCUT2D eigenvalue weighted by Crippen LogP contribution is 2.15. The zero-order valence-electron chi connectivity index (χ0n) is 10.5. The van der Waals surface area contributed by atoms with Gasteiger partial charge in [0.15, 0.2) is 0 Å². The van der Waals surface area contributed by atoms with Crippen LogP contribution in [0.15, 0.2) is 36.4 Å². The van der Waals surface area contributed by atoms with Gasteiger partial charge in [0.25, 0.3) is 0 Å². The highest BCUT2D eigenvalue weighted by atomic mass is 35.5. The fraction of sp³-hybridized carbons (Fsp3) is 0.143. The van der Waals surface area contributed by atoms with Gasteiger partial charge >= 0.3 is 0 Å². The van der Waals surface area contributed by atoms with Crippen molar-refractivity contribution in [1.82, 2.24) is 4.98 Å². The van der Waals surface area contributed by atoms with Gasteiger partial charge in [-0.2, -0.15) is 0 Å². The number of halogens is 1. The van der Waals surface area contributed by atoms with E-state index in [9.17, 15) is 0 Å². The van der Waals surface area contributed by atoms with Crippen LogP contribution in [0.1, 0.15) is 16.8 Å². The minimum Gasteiger partial charge on any atom is -0.389 e. The van der Waals surface area contributed by atoms with Gasteiger partial charge in [-0.15, -0.1) is 0 Å². The molecule has 1 heterocycles. The molecule has 98 valence electrons. The number of pyridine rings is 1. The molecule has 1 aromatic carbocycles. The molecule has 1 aromatic heterocycles. The van der Waals surface area contributed by atoms with Gasteiger partial charge in [0, 0.05) is 17.3 Å². The third kappa shape index (κ3) is 3.66. The summed E-state index contributed by atoms with van der Waals surface area (Å²) in [7, 11) is 0. The molecule has 19 heavy (non-hydrogen) atoms. The van der Waals surface area contributed by atoms with Gasteiger partial charge in [-0.1, -0.05) is 36.0 Å². The van der Waals surface area contributed by atoms with E-state index >= 15 is 0 Å². The Morgan fingerprint density at radius 3 is 2.58 bits per heavy atom. The monoisotopic (exact) mass is 291 g/mol. The number of hydrogen-bond donors (Lipinski definition) is 2. The highest BCUT2D eigenvalue weighted by molar-refractivity contribution is 7.80. The van der Waals surface area contributed by atoms with E-state index in [-0.39, 0.29) is 0 Å². The predicted octanol–water partition coefficient (Wildman–Crippen LogP) is 3.29. The standard InChI is InChI=1S/C14H14ClN3S/c1-9-2-7-12(13(16)19)14(18-9)17-8-10-3-5-11(15)6-4-10/h2-7H,8H2,1H3,(H2,16,19)(H,17,18). The lowest BCUT2D eigenvalue weighted by Crippen LogP contribution is -2.14. The van der Waals surface area contributed by atoms with Crippen LogP contribution in [0, 0.1) is 6.92 Å². The predicted molar refractivity (Wildman–Crippen MR) is 83.6 cm³/mol. The summed E-state index contributed by atoms with van der Waals surface area (Å²) >= 11 is 10.9. The molecule has 0 atom stereocenters.